The first-order valence-electron chi connectivity index (χ1n) is 6.97. The summed E-state index contributed by atoms with van der Waals surface area (Å²) in [7, 11) is 1.69. The van der Waals surface area contributed by atoms with Crippen LogP contribution in [0.15, 0.2) is 6.07 Å². The van der Waals surface area contributed by atoms with Gasteiger partial charge in [-0.05, 0) is 44.2 Å². The number of nitrogens with zero attached hydrogens (tertiary/aromatic N) is 3. The van der Waals surface area contributed by atoms with E-state index in [-0.39, 0.29) is 0 Å². The third-order valence-corrected chi connectivity index (χ3v) is 3.65. The fourth-order valence-electron chi connectivity index (χ4n) is 2.56. The number of anilines is 1. The molecule has 0 unspecified atom stereocenters. The Morgan fingerprint density at radius 2 is 2.21 bits per heavy atom. The average Bonchev–Trinajstić information content (AvgIpc) is 2.47. The number of aryl methyl sites for hydroxylation is 2. The lowest BCUT2D eigenvalue weighted by atomic mass is 9.95. The maximum atomic E-state index is 9.34. The third kappa shape index (κ3) is 3.05. The van der Waals surface area contributed by atoms with Crippen molar-refractivity contribution in [2.75, 3.05) is 31.7 Å². The Bertz CT molecular complexity index is 479. The molecule has 2 rings (SSSR count). The van der Waals surface area contributed by atoms with Crippen molar-refractivity contribution in [3.05, 3.63) is 22.9 Å². The van der Waals surface area contributed by atoms with Crippen molar-refractivity contribution in [2.45, 2.75) is 32.6 Å². The molecule has 4 nitrogen and oxygen atoms in total. The number of hydrogen-bond donors (Lipinski definition) is 0. The minimum Gasteiger partial charge on any atom is -0.383 e. The smallest absolute Gasteiger partial charge is 0.146 e. The fourth-order valence-corrected chi connectivity index (χ4v) is 2.56. The van der Waals surface area contributed by atoms with Crippen molar-refractivity contribution in [3.63, 3.8) is 0 Å². The molecule has 1 aromatic heterocycles. The van der Waals surface area contributed by atoms with Gasteiger partial charge in [0, 0.05) is 25.9 Å². The predicted octanol–water partition coefficient (Wildman–Crippen LogP) is 2.30. The van der Waals surface area contributed by atoms with Gasteiger partial charge in [-0.1, -0.05) is 0 Å². The molecule has 0 radical (unpaired) electrons. The second-order valence-electron chi connectivity index (χ2n) is 4.86. The van der Waals surface area contributed by atoms with Crippen molar-refractivity contribution in [1.29, 1.82) is 5.26 Å². The van der Waals surface area contributed by atoms with E-state index in [1.165, 1.54) is 24.1 Å². The zero-order chi connectivity index (χ0) is 13.7. The molecule has 0 saturated carbocycles. The van der Waals surface area contributed by atoms with Gasteiger partial charge in [-0.2, -0.15) is 5.26 Å². The van der Waals surface area contributed by atoms with E-state index in [1.54, 1.807) is 7.11 Å². The Morgan fingerprint density at radius 3 is 2.89 bits per heavy atom. The zero-order valence-corrected chi connectivity index (χ0v) is 11.8. The molecular weight excluding hydrogens is 238 g/mol. The van der Waals surface area contributed by atoms with Crippen molar-refractivity contribution in [3.8, 4) is 6.07 Å². The zero-order valence-electron chi connectivity index (χ0n) is 11.8. The Hall–Kier alpha value is -1.60. The van der Waals surface area contributed by atoms with E-state index in [0.29, 0.717) is 12.2 Å². The van der Waals surface area contributed by atoms with Crippen LogP contribution in [0.25, 0.3) is 0 Å². The van der Waals surface area contributed by atoms with E-state index in [4.69, 9.17) is 9.72 Å². The van der Waals surface area contributed by atoms with Crippen LogP contribution >= 0.6 is 0 Å². The highest BCUT2D eigenvalue weighted by Crippen LogP contribution is 2.26. The van der Waals surface area contributed by atoms with Crippen LogP contribution in [0.4, 0.5) is 5.82 Å². The largest absolute Gasteiger partial charge is 0.383 e. The molecule has 0 fully saturated rings. The summed E-state index contributed by atoms with van der Waals surface area (Å²) in [5.74, 6) is 0.822. The number of pyridine rings is 1. The predicted molar refractivity (Wildman–Crippen MR) is 75.4 cm³/mol. The van der Waals surface area contributed by atoms with Crippen molar-refractivity contribution < 1.29 is 4.74 Å². The maximum Gasteiger partial charge on any atom is 0.146 e. The van der Waals surface area contributed by atoms with Crippen LogP contribution < -0.4 is 4.90 Å². The number of ether oxygens (including phenoxy) is 1. The average molecular weight is 259 g/mol. The molecule has 0 N–H and O–H groups in total. The van der Waals surface area contributed by atoms with E-state index in [1.807, 2.05) is 6.07 Å². The van der Waals surface area contributed by atoms with Gasteiger partial charge in [0.2, 0.25) is 0 Å². The standard InChI is InChI=1S/C15H21N3O/c1-3-18(8-9-19-2)15-13(11-16)10-12-6-4-5-7-14(12)17-15/h10H,3-9H2,1-2H3. The molecule has 0 atom stereocenters. The van der Waals surface area contributed by atoms with Gasteiger partial charge in [-0.15, -0.1) is 0 Å². The monoisotopic (exact) mass is 259 g/mol. The molecule has 0 saturated heterocycles. The Morgan fingerprint density at radius 1 is 1.42 bits per heavy atom. The molecule has 0 amide bonds. The number of likely N-dealkylation sites (N-methyl/N-ethyl adjacent to an activating group) is 1. The van der Waals surface area contributed by atoms with Gasteiger partial charge in [-0.25, -0.2) is 4.98 Å². The summed E-state index contributed by atoms with van der Waals surface area (Å²) in [5, 5.41) is 9.34. The summed E-state index contributed by atoms with van der Waals surface area (Å²) in [5.41, 5.74) is 3.13. The molecule has 0 aliphatic heterocycles. The van der Waals surface area contributed by atoms with Gasteiger partial charge in [0.1, 0.15) is 11.9 Å². The Balaban J connectivity index is 2.34. The molecule has 1 aromatic rings. The number of rotatable bonds is 5. The van der Waals surface area contributed by atoms with Crippen molar-refractivity contribution in [2.24, 2.45) is 0 Å². The number of methoxy groups -OCH3 is 1. The molecule has 4 heteroatoms. The highest BCUT2D eigenvalue weighted by Gasteiger charge is 2.18. The SMILES string of the molecule is CCN(CCOC)c1nc2c(cc1C#N)CCCC2. The summed E-state index contributed by atoms with van der Waals surface area (Å²) in [4.78, 5) is 6.88. The molecule has 0 spiro atoms. The van der Waals surface area contributed by atoms with Gasteiger partial charge in [0.25, 0.3) is 0 Å². The Kier molecular flexibility index (Phi) is 4.75. The number of fused-ring (bicyclic) bond motifs is 1. The van der Waals surface area contributed by atoms with Crippen LogP contribution in [-0.4, -0.2) is 31.8 Å². The molecule has 102 valence electrons. The van der Waals surface area contributed by atoms with Crippen LogP contribution in [0.3, 0.4) is 0 Å². The van der Waals surface area contributed by atoms with Crippen molar-refractivity contribution >= 4 is 5.82 Å². The minimum atomic E-state index is 0.650. The molecular formula is C15H21N3O. The van der Waals surface area contributed by atoms with Gasteiger partial charge in [0.15, 0.2) is 0 Å². The van der Waals surface area contributed by atoms with Crippen molar-refractivity contribution in [1.82, 2.24) is 4.98 Å². The second kappa shape index (κ2) is 6.53. The number of aromatic nitrogens is 1. The molecule has 1 heterocycles. The van der Waals surface area contributed by atoms with Gasteiger partial charge in [0.05, 0.1) is 12.2 Å². The van der Waals surface area contributed by atoms with Crippen LogP contribution in [0.2, 0.25) is 0 Å². The molecule has 1 aliphatic carbocycles. The summed E-state index contributed by atoms with van der Waals surface area (Å²) in [6, 6.07) is 4.33. The Labute approximate surface area is 115 Å². The topological polar surface area (TPSA) is 49.1 Å². The van der Waals surface area contributed by atoms with E-state index in [9.17, 15) is 5.26 Å². The maximum absolute atomic E-state index is 9.34. The summed E-state index contributed by atoms with van der Waals surface area (Å²) < 4.78 is 5.13. The first kappa shape index (κ1) is 13.8. The van der Waals surface area contributed by atoms with Crippen LogP contribution in [-0.2, 0) is 17.6 Å². The summed E-state index contributed by atoms with van der Waals surface area (Å²) >= 11 is 0. The lowest BCUT2D eigenvalue weighted by molar-refractivity contribution is 0.205. The molecule has 1 aliphatic rings. The van der Waals surface area contributed by atoms with E-state index in [0.717, 1.165) is 31.7 Å². The summed E-state index contributed by atoms with van der Waals surface area (Å²) in [6.45, 7) is 4.34. The number of hydrogen-bond acceptors (Lipinski definition) is 4. The van der Waals surface area contributed by atoms with Crippen LogP contribution in [0, 0.1) is 11.3 Å². The number of nitriles is 1. The second-order valence-corrected chi connectivity index (χ2v) is 4.86. The normalized spacial score (nSPS) is 13.7. The summed E-state index contributed by atoms with van der Waals surface area (Å²) in [6.07, 6.45) is 4.51. The molecule has 19 heavy (non-hydrogen) atoms. The van der Waals surface area contributed by atoms with Crippen LogP contribution in [0.1, 0.15) is 36.6 Å². The van der Waals surface area contributed by atoms with E-state index >= 15 is 0 Å². The van der Waals surface area contributed by atoms with E-state index in [2.05, 4.69) is 17.9 Å². The minimum absolute atomic E-state index is 0.650. The molecule has 0 bridgehead atoms. The van der Waals surface area contributed by atoms with Crippen LogP contribution in [0.5, 0.6) is 0 Å². The van der Waals surface area contributed by atoms with Gasteiger partial charge < -0.3 is 9.64 Å². The lowest BCUT2D eigenvalue weighted by Gasteiger charge is -2.25. The highest BCUT2D eigenvalue weighted by molar-refractivity contribution is 5.56. The fraction of sp³-hybridized carbons (Fsp3) is 0.600. The third-order valence-electron chi connectivity index (χ3n) is 3.65. The first-order valence-corrected chi connectivity index (χ1v) is 6.97. The van der Waals surface area contributed by atoms with E-state index < -0.39 is 0 Å². The lowest BCUT2D eigenvalue weighted by Crippen LogP contribution is -2.29. The molecule has 0 aromatic carbocycles. The first-order chi connectivity index (χ1) is 9.30. The quantitative estimate of drug-likeness (QED) is 0.814. The van der Waals surface area contributed by atoms with Gasteiger partial charge >= 0.3 is 0 Å². The highest BCUT2D eigenvalue weighted by atomic mass is 16.5. The van der Waals surface area contributed by atoms with Gasteiger partial charge in [-0.3, -0.25) is 0 Å².